The van der Waals surface area contributed by atoms with Gasteiger partial charge in [-0.1, -0.05) is 68.2 Å². The Kier molecular flexibility index (Phi) is 5.93. The summed E-state index contributed by atoms with van der Waals surface area (Å²) in [4.78, 5) is 24.9. The second kappa shape index (κ2) is 8.18. The standard InChI is InChI=1S/C18H20N2O4S2/c21-15-7-6-13(10-14(15)20(23)24)11-16-17(22)19(18(25)26-16)9-8-12-4-2-1-3-5-12/h6-7,10-12,21H,1-5,8-9H2/p-1/b16-11-. The molecule has 0 spiro atoms. The van der Waals surface area contributed by atoms with E-state index in [4.69, 9.17) is 12.2 Å². The van der Waals surface area contributed by atoms with E-state index in [1.54, 1.807) is 11.0 Å². The average molecular weight is 391 g/mol. The van der Waals surface area contributed by atoms with E-state index in [0.717, 1.165) is 12.5 Å². The number of nitrogens with zero attached hydrogens (tertiary/aromatic N) is 2. The monoisotopic (exact) mass is 391 g/mol. The molecule has 1 aromatic carbocycles. The molecule has 138 valence electrons. The Bertz CT molecular complexity index is 772. The summed E-state index contributed by atoms with van der Waals surface area (Å²) in [7, 11) is 0. The molecule has 0 radical (unpaired) electrons. The fourth-order valence-corrected chi connectivity index (χ4v) is 4.71. The summed E-state index contributed by atoms with van der Waals surface area (Å²) in [6.45, 7) is 0.617. The van der Waals surface area contributed by atoms with Crippen molar-refractivity contribution in [2.45, 2.75) is 38.5 Å². The number of rotatable bonds is 5. The molecule has 2 fully saturated rings. The van der Waals surface area contributed by atoms with Crippen LogP contribution in [0, 0.1) is 16.0 Å². The van der Waals surface area contributed by atoms with Crippen molar-refractivity contribution < 1.29 is 14.8 Å². The van der Waals surface area contributed by atoms with Crippen molar-refractivity contribution in [2.24, 2.45) is 5.92 Å². The highest BCUT2D eigenvalue weighted by Crippen LogP contribution is 2.35. The fraction of sp³-hybridized carbons (Fsp3) is 0.444. The van der Waals surface area contributed by atoms with Gasteiger partial charge >= 0.3 is 0 Å². The SMILES string of the molecule is O=C1/C(=C/c2ccc([O-])c([N+](=O)[O-])c2)SC(=S)N1CCC1CCCCC1. The minimum atomic E-state index is -0.713. The summed E-state index contributed by atoms with van der Waals surface area (Å²) in [5.41, 5.74) is -0.0457. The van der Waals surface area contributed by atoms with Gasteiger partial charge in [-0.3, -0.25) is 19.8 Å². The summed E-state index contributed by atoms with van der Waals surface area (Å²) in [6, 6.07) is 3.81. The van der Waals surface area contributed by atoms with Gasteiger partial charge in [0.15, 0.2) is 0 Å². The fourth-order valence-electron chi connectivity index (χ4n) is 3.40. The quantitative estimate of drug-likeness (QED) is 0.328. The summed E-state index contributed by atoms with van der Waals surface area (Å²) < 4.78 is 0.520. The smallest absolute Gasteiger partial charge is 0.266 e. The highest BCUT2D eigenvalue weighted by atomic mass is 32.2. The minimum absolute atomic E-state index is 0.162. The van der Waals surface area contributed by atoms with E-state index in [-0.39, 0.29) is 5.91 Å². The molecule has 2 aliphatic rings. The number of nitro benzene ring substituents is 1. The third-order valence-electron chi connectivity index (χ3n) is 4.84. The van der Waals surface area contributed by atoms with E-state index in [1.807, 2.05) is 0 Å². The number of carbonyl (C=O) groups is 1. The summed E-state index contributed by atoms with van der Waals surface area (Å²) in [5.74, 6) is -0.151. The lowest BCUT2D eigenvalue weighted by atomic mass is 9.87. The van der Waals surface area contributed by atoms with Gasteiger partial charge < -0.3 is 5.11 Å². The Balaban J connectivity index is 1.70. The lowest BCUT2D eigenvalue weighted by Crippen LogP contribution is -2.30. The third-order valence-corrected chi connectivity index (χ3v) is 6.21. The molecule has 1 saturated carbocycles. The van der Waals surface area contributed by atoms with Crippen LogP contribution < -0.4 is 5.11 Å². The van der Waals surface area contributed by atoms with Gasteiger partial charge in [0, 0.05) is 12.6 Å². The van der Waals surface area contributed by atoms with E-state index in [1.165, 1.54) is 56.0 Å². The Labute approximate surface area is 161 Å². The molecule has 1 saturated heterocycles. The van der Waals surface area contributed by atoms with Crippen molar-refractivity contribution in [3.05, 3.63) is 38.8 Å². The normalized spacial score (nSPS) is 20.2. The zero-order chi connectivity index (χ0) is 18.7. The predicted octanol–water partition coefficient (Wildman–Crippen LogP) is 3.84. The van der Waals surface area contributed by atoms with Crippen molar-refractivity contribution in [1.82, 2.24) is 4.90 Å². The van der Waals surface area contributed by atoms with Crippen LogP contribution in [0.1, 0.15) is 44.1 Å². The number of nitro groups is 1. The number of hydrogen-bond donors (Lipinski definition) is 0. The topological polar surface area (TPSA) is 86.5 Å². The number of carbonyl (C=O) groups excluding carboxylic acids is 1. The summed E-state index contributed by atoms with van der Waals surface area (Å²) in [6.07, 6.45) is 8.78. The number of thiocarbonyl (C=S) groups is 1. The van der Waals surface area contributed by atoms with E-state index in [9.17, 15) is 20.0 Å². The second-order valence-electron chi connectivity index (χ2n) is 6.61. The molecule has 1 aliphatic carbocycles. The molecular weight excluding hydrogens is 372 g/mol. The van der Waals surface area contributed by atoms with Crippen molar-refractivity contribution in [3.8, 4) is 5.75 Å². The zero-order valence-corrected chi connectivity index (χ0v) is 15.8. The van der Waals surface area contributed by atoms with Crippen LogP contribution in [0.4, 0.5) is 5.69 Å². The summed E-state index contributed by atoms with van der Waals surface area (Å²) >= 11 is 6.54. The molecule has 0 N–H and O–H groups in total. The van der Waals surface area contributed by atoms with Gasteiger partial charge in [-0.25, -0.2) is 0 Å². The van der Waals surface area contributed by atoms with Crippen LogP contribution in [0.5, 0.6) is 5.75 Å². The van der Waals surface area contributed by atoms with Gasteiger partial charge in [-0.2, -0.15) is 0 Å². The molecule has 6 nitrogen and oxygen atoms in total. The van der Waals surface area contributed by atoms with Gasteiger partial charge in [0.1, 0.15) is 4.32 Å². The van der Waals surface area contributed by atoms with Crippen LogP contribution in [0.2, 0.25) is 0 Å². The number of hydrogen-bond acceptors (Lipinski definition) is 6. The van der Waals surface area contributed by atoms with Crippen LogP contribution in [0.25, 0.3) is 6.08 Å². The van der Waals surface area contributed by atoms with Crippen LogP contribution >= 0.6 is 24.0 Å². The first-order valence-electron chi connectivity index (χ1n) is 8.66. The Morgan fingerprint density at radius 3 is 2.73 bits per heavy atom. The summed E-state index contributed by atoms with van der Waals surface area (Å²) in [5, 5.41) is 22.4. The maximum atomic E-state index is 12.6. The largest absolute Gasteiger partial charge is 0.868 e. The van der Waals surface area contributed by atoms with Gasteiger partial charge in [-0.05, 0) is 29.7 Å². The average Bonchev–Trinajstić information content (AvgIpc) is 2.89. The molecule has 26 heavy (non-hydrogen) atoms. The van der Waals surface area contributed by atoms with Gasteiger partial charge in [0.2, 0.25) is 0 Å². The van der Waals surface area contributed by atoms with Crippen LogP contribution in [-0.4, -0.2) is 26.6 Å². The Hall–Kier alpha value is -1.93. The van der Waals surface area contributed by atoms with Gasteiger partial charge in [0.05, 0.1) is 9.83 Å². The zero-order valence-electron chi connectivity index (χ0n) is 14.2. The van der Waals surface area contributed by atoms with Crippen molar-refractivity contribution >= 4 is 46.0 Å². The molecule has 0 bridgehead atoms. The minimum Gasteiger partial charge on any atom is -0.868 e. The van der Waals surface area contributed by atoms with Crippen molar-refractivity contribution in [3.63, 3.8) is 0 Å². The van der Waals surface area contributed by atoms with E-state index >= 15 is 0 Å². The van der Waals surface area contributed by atoms with Gasteiger partial charge in [0.25, 0.3) is 11.6 Å². The Morgan fingerprint density at radius 1 is 1.31 bits per heavy atom. The van der Waals surface area contributed by atoms with Gasteiger partial charge in [-0.15, -0.1) is 0 Å². The van der Waals surface area contributed by atoms with Crippen molar-refractivity contribution in [1.29, 1.82) is 0 Å². The van der Waals surface area contributed by atoms with E-state index in [0.29, 0.717) is 27.3 Å². The molecule has 1 aliphatic heterocycles. The molecule has 3 rings (SSSR count). The van der Waals surface area contributed by atoms with E-state index < -0.39 is 16.4 Å². The predicted molar refractivity (Wildman–Crippen MR) is 104 cm³/mol. The maximum absolute atomic E-state index is 12.6. The lowest BCUT2D eigenvalue weighted by Gasteiger charge is -2.23. The highest BCUT2D eigenvalue weighted by molar-refractivity contribution is 8.26. The molecular formula is C18H19N2O4S2-. The number of amides is 1. The number of thioether (sulfide) groups is 1. The first kappa shape index (κ1) is 18.8. The Morgan fingerprint density at radius 2 is 2.04 bits per heavy atom. The second-order valence-corrected chi connectivity index (χ2v) is 8.29. The van der Waals surface area contributed by atoms with Crippen LogP contribution in [-0.2, 0) is 4.79 Å². The van der Waals surface area contributed by atoms with Crippen LogP contribution in [0.3, 0.4) is 0 Å². The molecule has 1 amide bonds. The lowest BCUT2D eigenvalue weighted by molar-refractivity contribution is -0.398. The molecule has 8 heteroatoms. The maximum Gasteiger partial charge on any atom is 0.266 e. The number of benzene rings is 1. The molecule has 0 aromatic heterocycles. The molecule has 0 unspecified atom stereocenters. The molecule has 1 aromatic rings. The molecule has 1 heterocycles. The first-order chi connectivity index (χ1) is 12.5. The van der Waals surface area contributed by atoms with E-state index in [2.05, 4.69) is 0 Å². The third kappa shape index (κ3) is 4.24. The van der Waals surface area contributed by atoms with Crippen molar-refractivity contribution in [2.75, 3.05) is 6.54 Å². The highest BCUT2D eigenvalue weighted by Gasteiger charge is 2.32. The van der Waals surface area contributed by atoms with Crippen LogP contribution in [0.15, 0.2) is 23.1 Å². The first-order valence-corrected chi connectivity index (χ1v) is 9.89. The molecule has 0 atom stereocenters.